The molecule has 2 nitrogen and oxygen atoms in total. The predicted octanol–water partition coefficient (Wildman–Crippen LogP) is 2.48. The van der Waals surface area contributed by atoms with E-state index in [1.807, 2.05) is 18.2 Å². The third-order valence-corrected chi connectivity index (χ3v) is 1.61. The van der Waals surface area contributed by atoms with Crippen LogP contribution in [0.4, 0.5) is 5.69 Å². The van der Waals surface area contributed by atoms with Crippen molar-refractivity contribution in [2.45, 2.75) is 6.92 Å². The van der Waals surface area contributed by atoms with Gasteiger partial charge in [-0.05, 0) is 6.08 Å². The first-order valence-electron chi connectivity index (χ1n) is 3.74. The molecule has 0 aliphatic carbocycles. The van der Waals surface area contributed by atoms with Crippen molar-refractivity contribution >= 4 is 11.4 Å². The second-order valence-corrected chi connectivity index (χ2v) is 2.48. The van der Waals surface area contributed by atoms with Gasteiger partial charge in [-0.2, -0.15) is 4.74 Å². The minimum atomic E-state index is 0.598. The molecule has 0 fully saturated rings. The van der Waals surface area contributed by atoms with Crippen molar-refractivity contribution in [3.05, 3.63) is 48.2 Å². The summed E-state index contributed by atoms with van der Waals surface area (Å²) in [4.78, 5) is 0. The fourth-order valence-electron chi connectivity index (χ4n) is 0.850. The highest BCUT2D eigenvalue weighted by atomic mass is 16.5. The fraction of sp³-hybridized carbons (Fsp3) is 0.100. The molecule has 0 unspecified atom stereocenters. The van der Waals surface area contributed by atoms with Crippen LogP contribution in [0.25, 0.3) is 0 Å². The summed E-state index contributed by atoms with van der Waals surface area (Å²) in [6, 6.07) is 9.06. The third kappa shape index (κ3) is 1.72. The number of hydrogen-bond donors (Lipinski definition) is 0. The van der Waals surface area contributed by atoms with Gasteiger partial charge in [0.2, 0.25) is 5.69 Å². The van der Waals surface area contributed by atoms with E-state index in [9.17, 15) is 5.21 Å². The second kappa shape index (κ2) is 3.72. The minimum absolute atomic E-state index is 0.598. The normalized spacial score (nSPS) is 12.1. The summed E-state index contributed by atoms with van der Waals surface area (Å²) in [5.74, 6) is 0. The van der Waals surface area contributed by atoms with E-state index < -0.39 is 0 Å². The molecule has 1 aromatic rings. The maximum absolute atomic E-state index is 11.4. The summed E-state index contributed by atoms with van der Waals surface area (Å²) in [6.45, 7) is 5.26. The van der Waals surface area contributed by atoms with Crippen LogP contribution in [0, 0.1) is 5.21 Å². The molecule has 0 heterocycles. The number of nitrogens with zero attached hydrogens (tertiary/aromatic N) is 1. The number of hydrogen-bond acceptors (Lipinski definition) is 1. The fourth-order valence-corrected chi connectivity index (χ4v) is 0.850. The molecule has 62 valence electrons. The Bertz CT molecular complexity index is 301. The molecule has 0 saturated carbocycles. The van der Waals surface area contributed by atoms with Gasteiger partial charge in [0.1, 0.15) is 0 Å². The molecule has 1 aromatic carbocycles. The molecule has 1 rings (SSSR count). The Labute approximate surface area is 72.1 Å². The van der Waals surface area contributed by atoms with Crippen LogP contribution in [0.2, 0.25) is 0 Å². The van der Waals surface area contributed by atoms with Crippen LogP contribution in [-0.4, -0.2) is 10.5 Å². The Hall–Kier alpha value is -1.57. The molecule has 0 saturated heterocycles. The van der Waals surface area contributed by atoms with Crippen molar-refractivity contribution in [1.82, 2.24) is 0 Å². The van der Waals surface area contributed by atoms with Crippen LogP contribution in [-0.2, 0) is 0 Å². The zero-order valence-electron chi connectivity index (χ0n) is 7.03. The summed E-state index contributed by atoms with van der Waals surface area (Å²) < 4.78 is 0.854. The van der Waals surface area contributed by atoms with Gasteiger partial charge in [0.15, 0.2) is 5.71 Å². The van der Waals surface area contributed by atoms with Gasteiger partial charge in [0, 0.05) is 19.1 Å². The van der Waals surface area contributed by atoms with E-state index in [1.165, 1.54) is 0 Å². The van der Waals surface area contributed by atoms with Crippen molar-refractivity contribution in [3.8, 4) is 0 Å². The Morgan fingerprint density at radius 2 is 2.00 bits per heavy atom. The minimum Gasteiger partial charge on any atom is -0.618 e. The first kappa shape index (κ1) is 8.53. The molecule has 0 N–H and O–H groups in total. The van der Waals surface area contributed by atoms with Crippen LogP contribution in [0.1, 0.15) is 6.92 Å². The lowest BCUT2D eigenvalue weighted by Crippen LogP contribution is -2.03. The van der Waals surface area contributed by atoms with Crippen LogP contribution in [0.5, 0.6) is 0 Å². The second-order valence-electron chi connectivity index (χ2n) is 2.48. The van der Waals surface area contributed by atoms with E-state index in [0.29, 0.717) is 11.4 Å². The first-order chi connectivity index (χ1) is 5.75. The largest absolute Gasteiger partial charge is 0.618 e. The monoisotopic (exact) mass is 161 g/mol. The van der Waals surface area contributed by atoms with E-state index in [2.05, 4.69) is 6.58 Å². The zero-order valence-corrected chi connectivity index (χ0v) is 7.03. The molecule has 2 heteroatoms. The smallest absolute Gasteiger partial charge is 0.216 e. The van der Waals surface area contributed by atoms with Crippen LogP contribution >= 0.6 is 0 Å². The van der Waals surface area contributed by atoms with Gasteiger partial charge in [0.05, 0.1) is 0 Å². The molecule has 0 spiro atoms. The van der Waals surface area contributed by atoms with Crippen LogP contribution < -0.4 is 0 Å². The molecule has 12 heavy (non-hydrogen) atoms. The Balaban J connectivity index is 3.08. The van der Waals surface area contributed by atoms with E-state index in [-0.39, 0.29) is 0 Å². The number of benzene rings is 1. The van der Waals surface area contributed by atoms with E-state index >= 15 is 0 Å². The maximum atomic E-state index is 11.4. The maximum Gasteiger partial charge on any atom is 0.216 e. The molecule has 0 aromatic heterocycles. The Morgan fingerprint density at radius 3 is 2.50 bits per heavy atom. The highest BCUT2D eigenvalue weighted by molar-refractivity contribution is 5.88. The molecule has 0 atom stereocenters. The summed E-state index contributed by atoms with van der Waals surface area (Å²) >= 11 is 0. The summed E-state index contributed by atoms with van der Waals surface area (Å²) in [5, 5.41) is 11.4. The topological polar surface area (TPSA) is 26.1 Å². The highest BCUT2D eigenvalue weighted by Gasteiger charge is 2.01. The van der Waals surface area contributed by atoms with Crippen molar-refractivity contribution in [3.63, 3.8) is 0 Å². The van der Waals surface area contributed by atoms with Gasteiger partial charge < -0.3 is 5.21 Å². The predicted molar refractivity (Wildman–Crippen MR) is 50.6 cm³/mol. The average molecular weight is 161 g/mol. The molecular weight excluding hydrogens is 150 g/mol. The van der Waals surface area contributed by atoms with Crippen molar-refractivity contribution in [1.29, 1.82) is 0 Å². The van der Waals surface area contributed by atoms with E-state index in [1.54, 1.807) is 25.1 Å². The molecule has 0 radical (unpaired) electrons. The lowest BCUT2D eigenvalue weighted by atomic mass is 10.3. The van der Waals surface area contributed by atoms with Gasteiger partial charge in [-0.25, -0.2) is 0 Å². The number of para-hydroxylation sites is 1. The van der Waals surface area contributed by atoms with Gasteiger partial charge in [-0.1, -0.05) is 24.8 Å². The number of rotatable bonds is 2. The van der Waals surface area contributed by atoms with Crippen LogP contribution in [0.15, 0.2) is 43.0 Å². The molecule has 0 aliphatic heterocycles. The van der Waals surface area contributed by atoms with Gasteiger partial charge in [-0.3, -0.25) is 0 Å². The SMILES string of the molecule is C=C/C(C)=[N+](/[O-])c1ccccc1. The van der Waals surface area contributed by atoms with Gasteiger partial charge in [0.25, 0.3) is 0 Å². The standard InChI is InChI=1S/C10H11NO/c1-3-9(2)11(12)10-7-5-4-6-8-10/h3-8H,1H2,2H3/b11-9+. The van der Waals surface area contributed by atoms with E-state index in [4.69, 9.17) is 0 Å². The van der Waals surface area contributed by atoms with Crippen molar-refractivity contribution < 1.29 is 4.74 Å². The third-order valence-electron chi connectivity index (χ3n) is 1.61. The van der Waals surface area contributed by atoms with Crippen molar-refractivity contribution in [2.75, 3.05) is 0 Å². The Kier molecular flexibility index (Phi) is 2.64. The van der Waals surface area contributed by atoms with Crippen molar-refractivity contribution in [2.24, 2.45) is 0 Å². The summed E-state index contributed by atoms with van der Waals surface area (Å²) in [7, 11) is 0. The molecule has 0 aliphatic rings. The lowest BCUT2D eigenvalue weighted by Gasteiger charge is -2.03. The quantitative estimate of drug-likeness (QED) is 0.283. The van der Waals surface area contributed by atoms with Gasteiger partial charge in [-0.15, -0.1) is 0 Å². The average Bonchev–Trinajstić information content (AvgIpc) is 2.17. The number of allylic oxidation sites excluding steroid dienone is 1. The first-order valence-corrected chi connectivity index (χ1v) is 3.74. The highest BCUT2D eigenvalue weighted by Crippen LogP contribution is 2.09. The summed E-state index contributed by atoms with van der Waals surface area (Å²) in [6.07, 6.45) is 1.54. The molecular formula is C10H11NO. The molecule has 0 bridgehead atoms. The summed E-state index contributed by atoms with van der Waals surface area (Å²) in [5.41, 5.74) is 1.23. The van der Waals surface area contributed by atoms with Gasteiger partial charge >= 0.3 is 0 Å². The molecule has 0 amide bonds. The lowest BCUT2D eigenvalue weighted by molar-refractivity contribution is -0.360. The van der Waals surface area contributed by atoms with Crippen LogP contribution in [0.3, 0.4) is 0 Å². The Morgan fingerprint density at radius 1 is 1.42 bits per heavy atom. The zero-order chi connectivity index (χ0) is 8.97. The van der Waals surface area contributed by atoms with E-state index in [0.717, 1.165) is 4.74 Å².